The first-order chi connectivity index (χ1) is 17.6. The average molecular weight is 523 g/mol. The van der Waals surface area contributed by atoms with Crippen molar-refractivity contribution in [3.8, 4) is 28.3 Å². The van der Waals surface area contributed by atoms with E-state index in [9.17, 15) is 4.79 Å². The minimum atomic E-state index is -0.381. The standard InChI is InChI=1S/C25H27ClN8O3/c1-12-17(26)10-16(21(36-6)18(12)15-8-7-9-28-20(15)25(35)34(4)5)13(2)31-23-19(22(27)29-11-30-23)24-32-14(3)33-37-24/h7-11,13H,1-6H3,(H3,27,29,30,31)/t13-/m0/s1. The number of anilines is 2. The molecule has 1 atom stereocenters. The Morgan fingerprint density at radius 3 is 2.62 bits per heavy atom. The van der Waals surface area contributed by atoms with Gasteiger partial charge < -0.3 is 25.2 Å². The van der Waals surface area contributed by atoms with Crippen molar-refractivity contribution >= 4 is 29.1 Å². The molecule has 4 aromatic rings. The van der Waals surface area contributed by atoms with Crippen LogP contribution in [0.3, 0.4) is 0 Å². The first kappa shape index (κ1) is 25.8. The maximum atomic E-state index is 12.9. The Labute approximate surface area is 219 Å². The van der Waals surface area contributed by atoms with Gasteiger partial charge in [-0.1, -0.05) is 22.8 Å². The summed E-state index contributed by atoms with van der Waals surface area (Å²) in [7, 11) is 4.92. The van der Waals surface area contributed by atoms with Crippen molar-refractivity contribution in [2.75, 3.05) is 32.3 Å². The van der Waals surface area contributed by atoms with Crippen molar-refractivity contribution in [3.63, 3.8) is 0 Å². The van der Waals surface area contributed by atoms with Crippen molar-refractivity contribution in [3.05, 3.63) is 58.4 Å². The molecule has 0 aliphatic heterocycles. The van der Waals surface area contributed by atoms with Gasteiger partial charge in [0.15, 0.2) is 5.82 Å². The normalized spacial score (nSPS) is 11.8. The van der Waals surface area contributed by atoms with E-state index in [2.05, 4.69) is 30.4 Å². The first-order valence-corrected chi connectivity index (χ1v) is 11.7. The number of nitrogens with one attached hydrogen (secondary N) is 1. The molecule has 3 aromatic heterocycles. The molecule has 0 aliphatic carbocycles. The van der Waals surface area contributed by atoms with Gasteiger partial charge in [0.05, 0.1) is 13.2 Å². The third kappa shape index (κ3) is 4.90. The molecule has 3 heterocycles. The number of halogens is 1. The van der Waals surface area contributed by atoms with Gasteiger partial charge in [0.1, 0.15) is 35.0 Å². The molecule has 0 unspecified atom stereocenters. The van der Waals surface area contributed by atoms with Crippen LogP contribution in [-0.4, -0.2) is 57.1 Å². The number of aryl methyl sites for hydroxylation is 1. The van der Waals surface area contributed by atoms with E-state index in [1.165, 1.54) is 11.2 Å². The lowest BCUT2D eigenvalue weighted by Crippen LogP contribution is -2.23. The summed E-state index contributed by atoms with van der Waals surface area (Å²) < 4.78 is 11.2. The van der Waals surface area contributed by atoms with Crippen LogP contribution in [0.1, 0.15) is 40.4 Å². The molecule has 37 heavy (non-hydrogen) atoms. The highest BCUT2D eigenvalue weighted by Crippen LogP contribution is 2.44. The summed E-state index contributed by atoms with van der Waals surface area (Å²) in [6.07, 6.45) is 2.93. The summed E-state index contributed by atoms with van der Waals surface area (Å²) in [6, 6.07) is 5.04. The number of pyridine rings is 1. The second kappa shape index (κ2) is 10.4. The van der Waals surface area contributed by atoms with Gasteiger partial charge in [-0.05, 0) is 38.5 Å². The fraction of sp³-hybridized carbons (Fsp3) is 0.280. The minimum Gasteiger partial charge on any atom is -0.496 e. The van der Waals surface area contributed by atoms with E-state index in [1.807, 2.05) is 26.0 Å². The third-order valence-corrected chi connectivity index (χ3v) is 6.23. The van der Waals surface area contributed by atoms with Crippen LogP contribution in [-0.2, 0) is 0 Å². The molecular formula is C25H27ClN8O3. The molecule has 192 valence electrons. The number of carbonyl (C=O) groups excluding carboxylic acids is 1. The van der Waals surface area contributed by atoms with Crippen LogP contribution in [0.2, 0.25) is 5.02 Å². The second-order valence-electron chi connectivity index (χ2n) is 8.58. The number of methoxy groups -OCH3 is 1. The van der Waals surface area contributed by atoms with E-state index in [1.54, 1.807) is 40.4 Å². The smallest absolute Gasteiger partial charge is 0.272 e. The Morgan fingerprint density at radius 2 is 1.97 bits per heavy atom. The Kier molecular flexibility index (Phi) is 7.25. The molecule has 1 aromatic carbocycles. The van der Waals surface area contributed by atoms with E-state index in [0.717, 1.165) is 11.1 Å². The second-order valence-corrected chi connectivity index (χ2v) is 8.98. The van der Waals surface area contributed by atoms with Gasteiger partial charge in [0, 0.05) is 42.0 Å². The summed E-state index contributed by atoms with van der Waals surface area (Å²) >= 11 is 6.72. The Balaban J connectivity index is 1.85. The molecule has 12 heteroatoms. The van der Waals surface area contributed by atoms with Crippen LogP contribution in [0.4, 0.5) is 11.6 Å². The number of hydrogen-bond acceptors (Lipinski definition) is 10. The Hall–Kier alpha value is -4.25. The Bertz CT molecular complexity index is 1470. The van der Waals surface area contributed by atoms with Crippen molar-refractivity contribution in [2.45, 2.75) is 26.8 Å². The zero-order valence-corrected chi connectivity index (χ0v) is 22.1. The number of ether oxygens (including phenoxy) is 1. The topological polar surface area (TPSA) is 145 Å². The molecule has 0 fully saturated rings. The van der Waals surface area contributed by atoms with Crippen LogP contribution in [0.25, 0.3) is 22.6 Å². The summed E-state index contributed by atoms with van der Waals surface area (Å²) in [6.45, 7) is 5.50. The SMILES string of the molecule is COc1c([C@H](C)Nc2ncnc(N)c2-c2nc(C)no2)cc(Cl)c(C)c1-c1cccnc1C(=O)N(C)C. The van der Waals surface area contributed by atoms with E-state index in [0.29, 0.717) is 44.8 Å². The van der Waals surface area contributed by atoms with E-state index < -0.39 is 0 Å². The van der Waals surface area contributed by atoms with Gasteiger partial charge in [-0.15, -0.1) is 0 Å². The quantitative estimate of drug-likeness (QED) is 0.359. The number of aromatic nitrogens is 5. The molecule has 0 radical (unpaired) electrons. The number of rotatable bonds is 7. The molecule has 1 amide bonds. The van der Waals surface area contributed by atoms with Gasteiger partial charge in [0.2, 0.25) is 0 Å². The number of nitrogens with zero attached hydrogens (tertiary/aromatic N) is 6. The number of amides is 1. The monoisotopic (exact) mass is 522 g/mol. The van der Waals surface area contributed by atoms with Crippen molar-refractivity contribution in [1.29, 1.82) is 0 Å². The number of nitrogen functional groups attached to an aromatic ring is 1. The van der Waals surface area contributed by atoms with Crippen LogP contribution in [0.15, 0.2) is 35.2 Å². The lowest BCUT2D eigenvalue weighted by atomic mass is 9.92. The lowest BCUT2D eigenvalue weighted by molar-refractivity contribution is 0.0823. The average Bonchev–Trinajstić information content (AvgIpc) is 3.30. The van der Waals surface area contributed by atoms with Crippen molar-refractivity contribution in [2.24, 2.45) is 0 Å². The van der Waals surface area contributed by atoms with Gasteiger partial charge in [-0.25, -0.2) is 9.97 Å². The fourth-order valence-corrected chi connectivity index (χ4v) is 4.21. The highest BCUT2D eigenvalue weighted by molar-refractivity contribution is 6.32. The van der Waals surface area contributed by atoms with Gasteiger partial charge in [0.25, 0.3) is 11.8 Å². The predicted octanol–water partition coefficient (Wildman–Crippen LogP) is 4.32. The summed E-state index contributed by atoms with van der Waals surface area (Å²) in [5.74, 6) is 1.54. The Morgan fingerprint density at radius 1 is 1.22 bits per heavy atom. The number of hydrogen-bond donors (Lipinski definition) is 2. The number of benzene rings is 1. The zero-order chi connectivity index (χ0) is 26.9. The number of nitrogens with two attached hydrogens (primary N) is 1. The predicted molar refractivity (Wildman–Crippen MR) is 141 cm³/mol. The molecule has 0 saturated heterocycles. The first-order valence-electron chi connectivity index (χ1n) is 11.4. The highest BCUT2D eigenvalue weighted by atomic mass is 35.5. The van der Waals surface area contributed by atoms with Crippen molar-refractivity contribution in [1.82, 2.24) is 30.0 Å². The minimum absolute atomic E-state index is 0.185. The third-order valence-electron chi connectivity index (χ3n) is 5.83. The maximum absolute atomic E-state index is 12.9. The molecule has 11 nitrogen and oxygen atoms in total. The van der Waals surface area contributed by atoms with E-state index in [-0.39, 0.29) is 23.7 Å². The van der Waals surface area contributed by atoms with Crippen LogP contribution in [0, 0.1) is 13.8 Å². The molecule has 0 aliphatic rings. The van der Waals surface area contributed by atoms with Crippen molar-refractivity contribution < 1.29 is 14.1 Å². The zero-order valence-electron chi connectivity index (χ0n) is 21.3. The molecule has 0 saturated carbocycles. The van der Waals surface area contributed by atoms with E-state index >= 15 is 0 Å². The molecule has 4 rings (SSSR count). The largest absolute Gasteiger partial charge is 0.496 e. The molecular weight excluding hydrogens is 496 g/mol. The van der Waals surface area contributed by atoms with Gasteiger partial charge in [-0.2, -0.15) is 4.98 Å². The maximum Gasteiger partial charge on any atom is 0.272 e. The van der Waals surface area contributed by atoms with Crippen LogP contribution >= 0.6 is 11.6 Å². The molecule has 0 bridgehead atoms. The summed E-state index contributed by atoms with van der Waals surface area (Å²) in [5, 5.41) is 7.69. The number of carbonyl (C=O) groups is 1. The molecule has 3 N–H and O–H groups in total. The van der Waals surface area contributed by atoms with Gasteiger partial charge >= 0.3 is 0 Å². The summed E-state index contributed by atoms with van der Waals surface area (Å²) in [4.78, 5) is 31.5. The van der Waals surface area contributed by atoms with Gasteiger partial charge in [-0.3, -0.25) is 9.78 Å². The van der Waals surface area contributed by atoms with Crippen LogP contribution < -0.4 is 15.8 Å². The fourth-order valence-electron chi connectivity index (χ4n) is 4.00. The highest BCUT2D eigenvalue weighted by Gasteiger charge is 2.26. The molecule has 0 spiro atoms. The summed E-state index contributed by atoms with van der Waals surface area (Å²) in [5.41, 5.74) is 9.58. The van der Waals surface area contributed by atoms with E-state index in [4.69, 9.17) is 26.6 Å². The lowest BCUT2D eigenvalue weighted by Gasteiger charge is -2.24. The van der Waals surface area contributed by atoms with Crippen LogP contribution in [0.5, 0.6) is 5.75 Å².